The standard InChI is InChI=1S/CClO.CH3.Y/c2-1-3;;/h;1H3;/q2*-1;. The molecular weight excluding hydrogens is 164 g/mol. The fraction of sp³-hybridized carbons (Fsp3) is 0. The van der Waals surface area contributed by atoms with E-state index in [0.717, 1.165) is 5.75 Å². The van der Waals surface area contributed by atoms with Crippen LogP contribution in [-0.2, 0) is 37.5 Å². The molecule has 0 aromatic heterocycles. The Kier molecular flexibility index (Phi) is 65.0. The van der Waals surface area contributed by atoms with Crippen LogP contribution in [-0.4, -0.2) is 5.75 Å². The average Bonchev–Trinajstić information content (AvgIpc) is 0.918. The molecule has 5 heavy (non-hydrogen) atoms. The number of rotatable bonds is 0. The van der Waals surface area contributed by atoms with Crippen molar-refractivity contribution < 1.29 is 37.5 Å². The fourth-order valence-corrected chi connectivity index (χ4v) is 0. The Balaban J connectivity index is -0.0000000200. The molecule has 0 saturated carbocycles. The van der Waals surface area contributed by atoms with Gasteiger partial charge < -0.3 is 23.8 Å². The van der Waals surface area contributed by atoms with E-state index >= 15 is 0 Å². The summed E-state index contributed by atoms with van der Waals surface area (Å²) in [5.41, 5.74) is 0. The molecule has 0 aliphatic heterocycles. The van der Waals surface area contributed by atoms with Gasteiger partial charge in [-0.25, -0.2) is 0 Å². The first-order chi connectivity index (χ1) is 1.41. The van der Waals surface area contributed by atoms with Gasteiger partial charge in [0.15, 0.2) is 0 Å². The Labute approximate surface area is 62.0 Å². The first-order valence-electron chi connectivity index (χ1n) is 0.393. The molecule has 29 valence electrons. The van der Waals surface area contributed by atoms with E-state index < -0.39 is 0 Å². The topological polar surface area (TPSA) is 17.1 Å². The maximum absolute atomic E-state index is 8.45. The van der Waals surface area contributed by atoms with E-state index in [4.69, 9.17) is 4.79 Å². The second-order valence-corrected chi connectivity index (χ2v) is 0.231. The summed E-state index contributed by atoms with van der Waals surface area (Å²) in [7, 11) is 0. The summed E-state index contributed by atoms with van der Waals surface area (Å²) in [5, 5.41) is 0. The SMILES string of the molecule is O=[C-]Cl.[CH3-].[Y]. The van der Waals surface area contributed by atoms with Crippen LogP contribution in [0, 0.1) is 7.43 Å². The van der Waals surface area contributed by atoms with Crippen molar-refractivity contribution in [3.63, 3.8) is 0 Å². The van der Waals surface area contributed by atoms with Gasteiger partial charge in [0, 0.05) is 32.7 Å². The molecule has 1 radical (unpaired) electrons. The summed E-state index contributed by atoms with van der Waals surface area (Å²) < 4.78 is 0. The van der Waals surface area contributed by atoms with Crippen molar-refractivity contribution in [3.05, 3.63) is 7.43 Å². The van der Waals surface area contributed by atoms with Gasteiger partial charge in [0.25, 0.3) is 0 Å². The van der Waals surface area contributed by atoms with E-state index in [0.29, 0.717) is 0 Å². The molecule has 0 unspecified atom stereocenters. The molecule has 0 rings (SSSR count). The number of carbonyl (C=O) groups excluding carboxylic acids is 1. The zero-order valence-electron chi connectivity index (χ0n) is 2.86. The van der Waals surface area contributed by atoms with E-state index in [1.54, 1.807) is 0 Å². The fourth-order valence-electron chi connectivity index (χ4n) is 0. The van der Waals surface area contributed by atoms with Crippen molar-refractivity contribution in [3.8, 4) is 0 Å². The van der Waals surface area contributed by atoms with Crippen LogP contribution in [0.4, 0.5) is 0 Å². The zero-order chi connectivity index (χ0) is 2.71. The van der Waals surface area contributed by atoms with Crippen molar-refractivity contribution >= 4 is 17.3 Å². The molecule has 0 N–H and O–H groups in total. The maximum atomic E-state index is 8.45. The first kappa shape index (κ1) is 16.6. The summed E-state index contributed by atoms with van der Waals surface area (Å²) in [6, 6.07) is 0. The summed E-state index contributed by atoms with van der Waals surface area (Å²) in [5.74, 6) is 0.972. The molecule has 0 aliphatic carbocycles. The molecule has 0 aromatic rings. The molecule has 0 aromatic carbocycles. The van der Waals surface area contributed by atoms with Crippen molar-refractivity contribution in [1.29, 1.82) is 0 Å². The number of halogens is 1. The number of hydrogen-bond donors (Lipinski definition) is 0. The Morgan fingerprint density at radius 2 is 1.60 bits per heavy atom. The van der Waals surface area contributed by atoms with Gasteiger partial charge in [-0.3, -0.25) is 0 Å². The van der Waals surface area contributed by atoms with Crippen LogP contribution in [0.25, 0.3) is 0 Å². The van der Waals surface area contributed by atoms with Gasteiger partial charge in [0.1, 0.15) is 0 Å². The summed E-state index contributed by atoms with van der Waals surface area (Å²) in [6.07, 6.45) is 0. The molecule has 0 fully saturated rings. The molecular formula is C2H3ClOY-2. The third kappa shape index (κ3) is 42.0. The van der Waals surface area contributed by atoms with Gasteiger partial charge in [-0.15, -0.1) is 0 Å². The Morgan fingerprint density at radius 1 is 1.60 bits per heavy atom. The smallest absolute Gasteiger partial charge is 0 e. The van der Waals surface area contributed by atoms with Crippen LogP contribution in [0.5, 0.6) is 0 Å². The predicted octanol–water partition coefficient (Wildman–Crippen LogP) is 0.740. The minimum atomic E-state index is 0. The molecule has 0 aliphatic rings. The van der Waals surface area contributed by atoms with Gasteiger partial charge in [0.2, 0.25) is 0 Å². The van der Waals surface area contributed by atoms with Crippen LogP contribution < -0.4 is 0 Å². The van der Waals surface area contributed by atoms with Gasteiger partial charge in [-0.1, -0.05) is 0 Å². The second kappa shape index (κ2) is 19.6. The molecule has 0 atom stereocenters. The Hall–Kier alpha value is 1.06. The van der Waals surface area contributed by atoms with Crippen LogP contribution in [0.15, 0.2) is 0 Å². The largest absolute Gasteiger partial charge is 0.525 e. The van der Waals surface area contributed by atoms with Crippen LogP contribution in [0.2, 0.25) is 0 Å². The summed E-state index contributed by atoms with van der Waals surface area (Å²) in [6.45, 7) is 0. The van der Waals surface area contributed by atoms with E-state index in [2.05, 4.69) is 11.6 Å². The van der Waals surface area contributed by atoms with Crippen molar-refractivity contribution in [1.82, 2.24) is 0 Å². The molecule has 0 saturated heterocycles. The van der Waals surface area contributed by atoms with E-state index in [-0.39, 0.29) is 40.1 Å². The Bertz CT molecular complexity index is 17.1. The first-order valence-corrected chi connectivity index (χ1v) is 0.771. The van der Waals surface area contributed by atoms with Crippen molar-refractivity contribution in [2.24, 2.45) is 0 Å². The van der Waals surface area contributed by atoms with Crippen molar-refractivity contribution in [2.75, 3.05) is 0 Å². The maximum Gasteiger partial charge on any atom is 0 e. The van der Waals surface area contributed by atoms with Gasteiger partial charge in [-0.2, -0.15) is 5.75 Å². The van der Waals surface area contributed by atoms with Crippen LogP contribution >= 0.6 is 11.6 Å². The second-order valence-electron chi connectivity index (χ2n) is 0.0772. The summed E-state index contributed by atoms with van der Waals surface area (Å²) >= 11 is 4.19. The normalized spacial score (nSPS) is 2.60. The van der Waals surface area contributed by atoms with Crippen LogP contribution in [0.3, 0.4) is 0 Å². The average molecular weight is 167 g/mol. The number of hydrogen-bond acceptors (Lipinski definition) is 1. The minimum absolute atomic E-state index is 0. The quantitative estimate of drug-likeness (QED) is 0.384. The van der Waals surface area contributed by atoms with Crippen molar-refractivity contribution in [2.45, 2.75) is 0 Å². The Morgan fingerprint density at radius 3 is 1.60 bits per heavy atom. The zero-order valence-corrected chi connectivity index (χ0v) is 6.46. The third-order valence-corrected chi connectivity index (χ3v) is 0. The third-order valence-electron chi connectivity index (χ3n) is 0. The molecule has 1 nitrogen and oxygen atoms in total. The van der Waals surface area contributed by atoms with Gasteiger partial charge in [-0.05, 0) is 0 Å². The molecule has 0 heterocycles. The summed E-state index contributed by atoms with van der Waals surface area (Å²) in [4.78, 5) is 8.45. The minimum Gasteiger partial charge on any atom is -0.525 e. The van der Waals surface area contributed by atoms with Crippen LogP contribution in [0.1, 0.15) is 0 Å². The monoisotopic (exact) mass is 167 g/mol. The van der Waals surface area contributed by atoms with Gasteiger partial charge >= 0.3 is 0 Å². The van der Waals surface area contributed by atoms with E-state index in [1.807, 2.05) is 0 Å². The van der Waals surface area contributed by atoms with E-state index in [1.165, 1.54) is 0 Å². The van der Waals surface area contributed by atoms with Gasteiger partial charge in [0.05, 0.1) is 0 Å². The molecule has 3 heteroatoms. The molecule has 0 spiro atoms. The predicted molar refractivity (Wildman–Crippen MR) is 18.0 cm³/mol. The van der Waals surface area contributed by atoms with E-state index in [9.17, 15) is 0 Å². The molecule has 0 bridgehead atoms. The molecule has 0 amide bonds.